The highest BCUT2D eigenvalue weighted by atomic mass is 15.1. The van der Waals surface area contributed by atoms with Crippen molar-refractivity contribution in [1.82, 2.24) is 4.90 Å². The minimum atomic E-state index is 0.648. The summed E-state index contributed by atoms with van der Waals surface area (Å²) in [4.78, 5) is 2.45. The largest absolute Gasteiger partial charge is 0.301 e. The third-order valence-corrected chi connectivity index (χ3v) is 2.20. The van der Waals surface area contributed by atoms with Gasteiger partial charge in [0.2, 0.25) is 0 Å². The molecule has 0 spiro atoms. The van der Waals surface area contributed by atoms with Gasteiger partial charge in [0.25, 0.3) is 0 Å². The zero-order valence-electron chi connectivity index (χ0n) is 7.94. The average Bonchev–Trinajstić information content (AvgIpc) is 1.90. The first-order valence-corrected chi connectivity index (χ1v) is 4.17. The quantitative estimate of drug-likeness (QED) is 0.582. The van der Waals surface area contributed by atoms with Crippen LogP contribution in [0.2, 0.25) is 0 Å². The van der Waals surface area contributed by atoms with Crippen molar-refractivity contribution in [1.29, 1.82) is 0 Å². The van der Waals surface area contributed by atoms with Gasteiger partial charge in [-0.1, -0.05) is 27.7 Å². The van der Waals surface area contributed by atoms with E-state index in [9.17, 15) is 0 Å². The minimum absolute atomic E-state index is 0.648. The van der Waals surface area contributed by atoms with Crippen LogP contribution in [0.5, 0.6) is 0 Å². The lowest BCUT2D eigenvalue weighted by Crippen LogP contribution is -2.35. The van der Waals surface area contributed by atoms with Gasteiger partial charge in [0, 0.05) is 6.04 Å². The summed E-state index contributed by atoms with van der Waals surface area (Å²) in [6.45, 7) is 13.4. The second-order valence-electron chi connectivity index (χ2n) is 2.97. The number of hydrogen-bond donors (Lipinski definition) is 0. The van der Waals surface area contributed by atoms with Gasteiger partial charge in [-0.25, -0.2) is 0 Å². The van der Waals surface area contributed by atoms with Crippen molar-refractivity contribution >= 4 is 0 Å². The molecule has 1 atom stereocenters. The molecule has 0 aliphatic carbocycles. The maximum Gasteiger partial charge on any atom is 0.0123 e. The fourth-order valence-electron chi connectivity index (χ4n) is 1.14. The van der Waals surface area contributed by atoms with Gasteiger partial charge < -0.3 is 4.90 Å². The van der Waals surface area contributed by atoms with E-state index in [2.05, 4.69) is 39.5 Å². The van der Waals surface area contributed by atoms with Crippen molar-refractivity contribution in [2.75, 3.05) is 13.1 Å². The average molecular weight is 142 g/mol. The molecule has 0 aliphatic heterocycles. The van der Waals surface area contributed by atoms with Crippen molar-refractivity contribution in [2.45, 2.75) is 40.7 Å². The SMILES string of the molecule is CCN(CC)C(C)[C](C)C. The molecule has 0 aromatic rings. The molecule has 0 bridgehead atoms. The van der Waals surface area contributed by atoms with E-state index >= 15 is 0 Å². The summed E-state index contributed by atoms with van der Waals surface area (Å²) in [5, 5.41) is 0. The molecule has 0 saturated carbocycles. The highest BCUT2D eigenvalue weighted by Crippen LogP contribution is 2.10. The molecule has 1 nitrogen and oxygen atoms in total. The molecule has 0 aliphatic rings. The Balaban J connectivity index is 3.76. The van der Waals surface area contributed by atoms with Crippen LogP contribution in [-0.2, 0) is 0 Å². The van der Waals surface area contributed by atoms with Gasteiger partial charge in [0.15, 0.2) is 0 Å². The molecule has 0 saturated heterocycles. The second kappa shape index (κ2) is 4.73. The molecule has 0 aromatic carbocycles. The number of hydrogen-bond acceptors (Lipinski definition) is 1. The van der Waals surface area contributed by atoms with Crippen molar-refractivity contribution < 1.29 is 0 Å². The van der Waals surface area contributed by atoms with Crippen LogP contribution in [0.1, 0.15) is 34.6 Å². The molecule has 1 heteroatoms. The first kappa shape index (κ1) is 9.96. The van der Waals surface area contributed by atoms with Gasteiger partial charge in [-0.3, -0.25) is 0 Å². The van der Waals surface area contributed by atoms with Gasteiger partial charge in [-0.05, 0) is 25.9 Å². The fourth-order valence-corrected chi connectivity index (χ4v) is 1.14. The normalized spacial score (nSPS) is 14.7. The van der Waals surface area contributed by atoms with Crippen LogP contribution < -0.4 is 0 Å². The van der Waals surface area contributed by atoms with E-state index in [1.54, 1.807) is 0 Å². The summed E-state index contributed by atoms with van der Waals surface area (Å²) >= 11 is 0. The van der Waals surface area contributed by atoms with E-state index in [0.29, 0.717) is 6.04 Å². The third-order valence-electron chi connectivity index (χ3n) is 2.20. The summed E-state index contributed by atoms with van der Waals surface area (Å²) in [6, 6.07) is 0.648. The highest BCUT2D eigenvalue weighted by molar-refractivity contribution is 4.90. The monoisotopic (exact) mass is 142 g/mol. The first-order valence-electron chi connectivity index (χ1n) is 4.17. The third kappa shape index (κ3) is 2.70. The summed E-state index contributed by atoms with van der Waals surface area (Å²) in [6.07, 6.45) is 0. The lowest BCUT2D eigenvalue weighted by Gasteiger charge is -2.28. The number of rotatable bonds is 4. The summed E-state index contributed by atoms with van der Waals surface area (Å²) in [5.74, 6) is 1.50. The van der Waals surface area contributed by atoms with Crippen LogP contribution >= 0.6 is 0 Å². The van der Waals surface area contributed by atoms with Gasteiger partial charge in [-0.2, -0.15) is 0 Å². The van der Waals surface area contributed by atoms with Crippen LogP contribution in [0.4, 0.5) is 0 Å². The molecule has 1 radical (unpaired) electrons. The molecule has 10 heavy (non-hydrogen) atoms. The maximum atomic E-state index is 2.45. The molecule has 0 aromatic heterocycles. The summed E-state index contributed by atoms with van der Waals surface area (Å²) in [5.41, 5.74) is 0. The first-order chi connectivity index (χ1) is 4.63. The molecule has 0 N–H and O–H groups in total. The molecule has 0 rings (SSSR count). The van der Waals surface area contributed by atoms with Gasteiger partial charge in [0.05, 0.1) is 0 Å². The minimum Gasteiger partial charge on any atom is -0.301 e. The van der Waals surface area contributed by atoms with Crippen LogP contribution in [0.3, 0.4) is 0 Å². The van der Waals surface area contributed by atoms with Crippen LogP contribution in [0.15, 0.2) is 0 Å². The molecular weight excluding hydrogens is 122 g/mol. The predicted molar refractivity (Wildman–Crippen MR) is 47.0 cm³/mol. The maximum absolute atomic E-state index is 2.45. The van der Waals surface area contributed by atoms with Gasteiger partial charge >= 0.3 is 0 Å². The lowest BCUT2D eigenvalue weighted by molar-refractivity contribution is 0.241. The van der Waals surface area contributed by atoms with Gasteiger partial charge in [0.1, 0.15) is 0 Å². The van der Waals surface area contributed by atoms with Crippen LogP contribution in [-0.4, -0.2) is 24.0 Å². The molecular formula is C9H20N. The second-order valence-corrected chi connectivity index (χ2v) is 2.97. The fraction of sp³-hybridized carbons (Fsp3) is 0.889. The summed E-state index contributed by atoms with van der Waals surface area (Å²) < 4.78 is 0. The standard InChI is InChI=1S/C9H20N/c1-6-10(7-2)9(5)8(3)4/h9H,6-7H2,1-5H3. The van der Waals surface area contributed by atoms with Crippen molar-refractivity contribution in [2.24, 2.45) is 0 Å². The van der Waals surface area contributed by atoms with Crippen molar-refractivity contribution in [3.05, 3.63) is 5.92 Å². The Morgan fingerprint density at radius 1 is 1.20 bits per heavy atom. The van der Waals surface area contributed by atoms with Crippen LogP contribution in [0.25, 0.3) is 0 Å². The molecule has 1 unspecified atom stereocenters. The van der Waals surface area contributed by atoms with Gasteiger partial charge in [-0.15, -0.1) is 0 Å². The Morgan fingerprint density at radius 3 is 1.70 bits per heavy atom. The Kier molecular flexibility index (Phi) is 4.71. The Labute approximate surface area is 65.4 Å². The molecule has 0 amide bonds. The molecule has 0 fully saturated rings. The van der Waals surface area contributed by atoms with E-state index in [1.165, 1.54) is 5.92 Å². The predicted octanol–water partition coefficient (Wildman–Crippen LogP) is 2.33. The van der Waals surface area contributed by atoms with E-state index in [4.69, 9.17) is 0 Å². The topological polar surface area (TPSA) is 3.24 Å². The summed E-state index contributed by atoms with van der Waals surface area (Å²) in [7, 11) is 0. The van der Waals surface area contributed by atoms with Crippen molar-refractivity contribution in [3.8, 4) is 0 Å². The van der Waals surface area contributed by atoms with E-state index in [1.807, 2.05) is 0 Å². The number of nitrogens with zero attached hydrogens (tertiary/aromatic N) is 1. The van der Waals surface area contributed by atoms with E-state index in [-0.39, 0.29) is 0 Å². The Hall–Kier alpha value is -0.0400. The van der Waals surface area contributed by atoms with E-state index < -0.39 is 0 Å². The zero-order chi connectivity index (χ0) is 8.15. The molecule has 0 heterocycles. The van der Waals surface area contributed by atoms with Crippen molar-refractivity contribution in [3.63, 3.8) is 0 Å². The zero-order valence-corrected chi connectivity index (χ0v) is 7.94. The van der Waals surface area contributed by atoms with E-state index in [0.717, 1.165) is 13.1 Å². The molecule has 61 valence electrons. The Morgan fingerprint density at radius 2 is 1.60 bits per heavy atom. The Bertz CT molecular complexity index is 74.8. The highest BCUT2D eigenvalue weighted by Gasteiger charge is 2.12. The van der Waals surface area contributed by atoms with Crippen LogP contribution in [0, 0.1) is 5.92 Å². The smallest absolute Gasteiger partial charge is 0.0123 e. The lowest BCUT2D eigenvalue weighted by atomic mass is 10.1.